The summed E-state index contributed by atoms with van der Waals surface area (Å²) in [4.78, 5) is 11.1. The van der Waals surface area contributed by atoms with E-state index in [0.717, 1.165) is 12.8 Å². The van der Waals surface area contributed by atoms with Crippen molar-refractivity contribution in [3.63, 3.8) is 0 Å². The predicted molar refractivity (Wildman–Crippen MR) is 79.7 cm³/mol. The second-order valence-corrected chi connectivity index (χ2v) is 7.19. The third-order valence-electron chi connectivity index (χ3n) is 3.60. The zero-order valence-corrected chi connectivity index (χ0v) is 12.9. The topological polar surface area (TPSA) is 95.5 Å². The molecule has 0 amide bonds. The van der Waals surface area contributed by atoms with Crippen molar-refractivity contribution in [1.82, 2.24) is 4.72 Å². The molecule has 0 saturated heterocycles. The van der Waals surface area contributed by atoms with E-state index in [0.29, 0.717) is 5.69 Å². The SMILES string of the molecule is CC(Nc1ccc(S(=O)(=O)NC2CC2)cc1)C(C)C(=O)O. The molecule has 1 aliphatic rings. The number of hydrogen-bond acceptors (Lipinski definition) is 4. The molecule has 0 spiro atoms. The molecule has 0 heterocycles. The Morgan fingerprint density at radius 2 is 1.81 bits per heavy atom. The van der Waals surface area contributed by atoms with Gasteiger partial charge in [-0.05, 0) is 51.0 Å². The van der Waals surface area contributed by atoms with Crippen LogP contribution in [0.15, 0.2) is 29.2 Å². The van der Waals surface area contributed by atoms with Crippen LogP contribution in [0.5, 0.6) is 0 Å². The molecule has 2 atom stereocenters. The van der Waals surface area contributed by atoms with Crippen LogP contribution >= 0.6 is 0 Å². The highest BCUT2D eigenvalue weighted by atomic mass is 32.2. The van der Waals surface area contributed by atoms with E-state index in [4.69, 9.17) is 5.11 Å². The van der Waals surface area contributed by atoms with Crippen molar-refractivity contribution in [3.8, 4) is 0 Å². The fourth-order valence-electron chi connectivity index (χ4n) is 1.82. The zero-order valence-electron chi connectivity index (χ0n) is 12.0. The van der Waals surface area contributed by atoms with Gasteiger partial charge < -0.3 is 10.4 Å². The first-order chi connectivity index (χ1) is 9.79. The van der Waals surface area contributed by atoms with Crippen LogP contribution < -0.4 is 10.0 Å². The normalized spacial score (nSPS) is 18.0. The van der Waals surface area contributed by atoms with E-state index in [2.05, 4.69) is 10.0 Å². The number of sulfonamides is 1. The van der Waals surface area contributed by atoms with Gasteiger partial charge in [0.15, 0.2) is 0 Å². The molecule has 0 aromatic heterocycles. The van der Waals surface area contributed by atoms with Crippen LogP contribution in [0.4, 0.5) is 5.69 Å². The summed E-state index contributed by atoms with van der Waals surface area (Å²) in [7, 11) is -3.44. The molecule has 1 aromatic carbocycles. The fraction of sp³-hybridized carbons (Fsp3) is 0.500. The van der Waals surface area contributed by atoms with E-state index in [9.17, 15) is 13.2 Å². The molecule has 2 rings (SSSR count). The molecule has 1 fully saturated rings. The Morgan fingerprint density at radius 1 is 1.24 bits per heavy atom. The summed E-state index contributed by atoms with van der Waals surface area (Å²) in [5, 5.41) is 12.0. The molecule has 3 N–H and O–H groups in total. The van der Waals surface area contributed by atoms with Crippen LogP contribution in [-0.2, 0) is 14.8 Å². The first-order valence-corrected chi connectivity index (χ1v) is 8.39. The second-order valence-electron chi connectivity index (χ2n) is 5.48. The van der Waals surface area contributed by atoms with Crippen LogP contribution in [0.1, 0.15) is 26.7 Å². The van der Waals surface area contributed by atoms with E-state index in [-0.39, 0.29) is 17.0 Å². The highest BCUT2D eigenvalue weighted by Crippen LogP contribution is 2.23. The van der Waals surface area contributed by atoms with E-state index in [1.807, 2.05) is 0 Å². The monoisotopic (exact) mass is 312 g/mol. The average molecular weight is 312 g/mol. The summed E-state index contributed by atoms with van der Waals surface area (Å²) in [6, 6.07) is 6.15. The average Bonchev–Trinajstić information content (AvgIpc) is 3.21. The number of carboxylic acid groups (broad SMARTS) is 1. The molecule has 0 aliphatic heterocycles. The van der Waals surface area contributed by atoms with E-state index in [1.54, 1.807) is 26.0 Å². The molecule has 6 nitrogen and oxygen atoms in total. The Hall–Kier alpha value is -1.60. The van der Waals surface area contributed by atoms with Crippen molar-refractivity contribution in [1.29, 1.82) is 0 Å². The Labute approximate surface area is 124 Å². The molecular formula is C14H20N2O4S. The van der Waals surface area contributed by atoms with Gasteiger partial charge in [0.1, 0.15) is 0 Å². The highest BCUT2D eigenvalue weighted by molar-refractivity contribution is 7.89. The van der Waals surface area contributed by atoms with Crippen molar-refractivity contribution in [2.45, 2.75) is 43.7 Å². The number of hydrogen-bond donors (Lipinski definition) is 3. The summed E-state index contributed by atoms with van der Waals surface area (Å²) in [6.07, 6.45) is 1.78. The maximum absolute atomic E-state index is 12.0. The first-order valence-electron chi connectivity index (χ1n) is 6.91. The Bertz CT molecular complexity index is 608. The van der Waals surface area contributed by atoms with Crippen LogP contribution in [0.3, 0.4) is 0 Å². The third-order valence-corrected chi connectivity index (χ3v) is 5.13. The van der Waals surface area contributed by atoms with Gasteiger partial charge in [0.05, 0.1) is 10.8 Å². The van der Waals surface area contributed by atoms with Crippen molar-refractivity contribution >= 4 is 21.7 Å². The Kier molecular flexibility index (Phi) is 4.53. The van der Waals surface area contributed by atoms with Crippen LogP contribution in [0.25, 0.3) is 0 Å². The molecule has 116 valence electrons. The highest BCUT2D eigenvalue weighted by Gasteiger charge is 2.28. The van der Waals surface area contributed by atoms with Gasteiger partial charge in [-0.25, -0.2) is 13.1 Å². The standard InChI is InChI=1S/C14H20N2O4S/c1-9(14(17)18)10(2)15-11-5-7-13(8-6-11)21(19,20)16-12-3-4-12/h5-10,12,15-16H,3-4H2,1-2H3,(H,17,18). The van der Waals surface area contributed by atoms with Gasteiger partial charge in [-0.15, -0.1) is 0 Å². The Morgan fingerprint density at radius 3 is 2.29 bits per heavy atom. The van der Waals surface area contributed by atoms with Gasteiger partial charge in [-0.3, -0.25) is 4.79 Å². The number of rotatable bonds is 7. The molecule has 2 unspecified atom stereocenters. The maximum atomic E-state index is 12.0. The molecule has 1 aliphatic carbocycles. The smallest absolute Gasteiger partial charge is 0.308 e. The van der Waals surface area contributed by atoms with E-state index >= 15 is 0 Å². The predicted octanol–water partition coefficient (Wildman–Crippen LogP) is 1.65. The first kappa shape index (κ1) is 15.8. The minimum absolute atomic E-state index is 0.0734. The second kappa shape index (κ2) is 6.03. The molecular weight excluding hydrogens is 292 g/mol. The minimum Gasteiger partial charge on any atom is -0.481 e. The van der Waals surface area contributed by atoms with Gasteiger partial charge in [0, 0.05) is 17.8 Å². The lowest BCUT2D eigenvalue weighted by Gasteiger charge is -2.19. The van der Waals surface area contributed by atoms with Gasteiger partial charge in [-0.2, -0.15) is 0 Å². The lowest BCUT2D eigenvalue weighted by Crippen LogP contribution is -2.29. The maximum Gasteiger partial charge on any atom is 0.308 e. The summed E-state index contributed by atoms with van der Waals surface area (Å²) >= 11 is 0. The summed E-state index contributed by atoms with van der Waals surface area (Å²) < 4.78 is 26.6. The number of carboxylic acids is 1. The Balaban J connectivity index is 2.03. The number of anilines is 1. The van der Waals surface area contributed by atoms with Crippen molar-refractivity contribution in [2.75, 3.05) is 5.32 Å². The van der Waals surface area contributed by atoms with Crippen LogP contribution in [0.2, 0.25) is 0 Å². The van der Waals surface area contributed by atoms with E-state index in [1.165, 1.54) is 12.1 Å². The summed E-state index contributed by atoms with van der Waals surface area (Å²) in [5.74, 6) is -1.41. The van der Waals surface area contributed by atoms with Gasteiger partial charge >= 0.3 is 5.97 Å². The number of aliphatic carboxylic acids is 1. The van der Waals surface area contributed by atoms with Gasteiger partial charge in [0.25, 0.3) is 0 Å². The molecule has 0 bridgehead atoms. The van der Waals surface area contributed by atoms with Gasteiger partial charge in [0.2, 0.25) is 10.0 Å². The van der Waals surface area contributed by atoms with Gasteiger partial charge in [-0.1, -0.05) is 0 Å². The molecule has 21 heavy (non-hydrogen) atoms. The minimum atomic E-state index is -3.44. The lowest BCUT2D eigenvalue weighted by atomic mass is 10.0. The van der Waals surface area contributed by atoms with Crippen molar-refractivity contribution in [3.05, 3.63) is 24.3 Å². The van der Waals surface area contributed by atoms with Crippen molar-refractivity contribution < 1.29 is 18.3 Å². The zero-order chi connectivity index (χ0) is 15.6. The largest absolute Gasteiger partial charge is 0.481 e. The van der Waals surface area contributed by atoms with E-state index < -0.39 is 21.9 Å². The molecule has 7 heteroatoms. The third kappa shape index (κ3) is 4.18. The number of nitrogens with one attached hydrogen (secondary N) is 2. The molecule has 1 saturated carbocycles. The molecule has 1 aromatic rings. The number of benzene rings is 1. The lowest BCUT2D eigenvalue weighted by molar-refractivity contribution is -0.141. The number of carbonyl (C=O) groups is 1. The van der Waals surface area contributed by atoms with Crippen LogP contribution in [0, 0.1) is 5.92 Å². The van der Waals surface area contributed by atoms with Crippen LogP contribution in [-0.4, -0.2) is 31.6 Å². The fourth-order valence-corrected chi connectivity index (χ4v) is 3.13. The quantitative estimate of drug-likeness (QED) is 0.711. The molecule has 0 radical (unpaired) electrons. The summed E-state index contributed by atoms with van der Waals surface area (Å²) in [5.41, 5.74) is 0.695. The summed E-state index contributed by atoms with van der Waals surface area (Å²) in [6.45, 7) is 3.40. The van der Waals surface area contributed by atoms with Crippen molar-refractivity contribution in [2.24, 2.45) is 5.92 Å².